The van der Waals surface area contributed by atoms with Gasteiger partial charge in [0.1, 0.15) is 0 Å². The van der Waals surface area contributed by atoms with Crippen LogP contribution in [0.1, 0.15) is 12.5 Å². The predicted molar refractivity (Wildman–Crippen MR) is 99.2 cm³/mol. The number of hydrogen-bond acceptors (Lipinski definition) is 3. The van der Waals surface area contributed by atoms with E-state index >= 15 is 0 Å². The van der Waals surface area contributed by atoms with Crippen molar-refractivity contribution in [3.05, 3.63) is 52.5 Å². The molecule has 1 fully saturated rings. The van der Waals surface area contributed by atoms with Crippen LogP contribution < -0.4 is 0 Å². The molecule has 2 nitrogen and oxygen atoms in total. The van der Waals surface area contributed by atoms with Gasteiger partial charge < -0.3 is 4.57 Å². The zero-order valence-corrected chi connectivity index (χ0v) is 15.5. The van der Waals surface area contributed by atoms with Crippen molar-refractivity contribution < 1.29 is 0 Å². The van der Waals surface area contributed by atoms with Gasteiger partial charge in [-0.3, -0.25) is 0 Å². The minimum atomic E-state index is 0.102. The van der Waals surface area contributed by atoms with E-state index < -0.39 is 0 Å². The molecule has 1 aliphatic rings. The van der Waals surface area contributed by atoms with Crippen LogP contribution in [0, 0.1) is 5.92 Å². The molecule has 2 heterocycles. The fourth-order valence-electron chi connectivity index (χ4n) is 2.54. The molecule has 0 radical (unpaired) electrons. The molecule has 0 atom stereocenters. The standard InChI is InChI=1S/C16H18Cl2N2S2/c1-12-8-21-16(22-9-12,10-20-5-4-19-11-20)7-13-2-3-14(17)6-15(13)18/h2-6,11-12H,7-10H2,1H3. The van der Waals surface area contributed by atoms with E-state index in [1.54, 1.807) is 0 Å². The molecule has 1 aromatic heterocycles. The maximum Gasteiger partial charge on any atom is 0.0946 e. The fourth-order valence-corrected chi connectivity index (χ4v) is 6.32. The monoisotopic (exact) mass is 372 g/mol. The van der Waals surface area contributed by atoms with Crippen LogP contribution in [0.4, 0.5) is 0 Å². The molecule has 0 bridgehead atoms. The van der Waals surface area contributed by atoms with Gasteiger partial charge in [0.2, 0.25) is 0 Å². The lowest BCUT2D eigenvalue weighted by atomic mass is 10.1. The van der Waals surface area contributed by atoms with Crippen LogP contribution >= 0.6 is 46.7 Å². The SMILES string of the molecule is CC1CSC(Cc2ccc(Cl)cc2Cl)(Cn2ccnc2)SC1. The van der Waals surface area contributed by atoms with E-state index in [0.29, 0.717) is 5.02 Å². The van der Waals surface area contributed by atoms with Gasteiger partial charge in [0.15, 0.2) is 0 Å². The molecule has 0 aliphatic carbocycles. The summed E-state index contributed by atoms with van der Waals surface area (Å²) in [6, 6.07) is 5.82. The Morgan fingerprint density at radius 2 is 2.09 bits per heavy atom. The summed E-state index contributed by atoms with van der Waals surface area (Å²) >= 11 is 16.5. The van der Waals surface area contributed by atoms with Crippen LogP contribution in [0.5, 0.6) is 0 Å². The molecule has 1 aromatic carbocycles. The largest absolute Gasteiger partial charge is 0.335 e. The first-order valence-electron chi connectivity index (χ1n) is 7.24. The number of imidazole rings is 1. The zero-order chi connectivity index (χ0) is 15.6. The molecule has 1 saturated heterocycles. The minimum Gasteiger partial charge on any atom is -0.335 e. The number of benzene rings is 1. The van der Waals surface area contributed by atoms with E-state index in [1.807, 2.05) is 54.4 Å². The van der Waals surface area contributed by atoms with E-state index in [-0.39, 0.29) is 4.08 Å². The van der Waals surface area contributed by atoms with Crippen LogP contribution in [0.3, 0.4) is 0 Å². The Hall–Kier alpha value is -0.290. The summed E-state index contributed by atoms with van der Waals surface area (Å²) in [5, 5.41) is 1.45. The molecule has 118 valence electrons. The normalized spacial score (nSPS) is 25.3. The van der Waals surface area contributed by atoms with Gasteiger partial charge in [-0.1, -0.05) is 36.2 Å². The summed E-state index contributed by atoms with van der Waals surface area (Å²) in [4.78, 5) is 4.17. The molecule has 3 rings (SSSR count). The van der Waals surface area contributed by atoms with Crippen molar-refractivity contribution >= 4 is 46.7 Å². The molecule has 0 N–H and O–H groups in total. The molecule has 0 amide bonds. The first kappa shape index (κ1) is 16.6. The molecule has 1 aliphatic heterocycles. The van der Waals surface area contributed by atoms with E-state index in [4.69, 9.17) is 23.2 Å². The second-order valence-electron chi connectivity index (χ2n) is 5.79. The van der Waals surface area contributed by atoms with E-state index in [2.05, 4.69) is 22.5 Å². The summed E-state index contributed by atoms with van der Waals surface area (Å²) in [6.45, 7) is 3.25. The lowest BCUT2D eigenvalue weighted by Gasteiger charge is -2.39. The average molecular weight is 373 g/mol. The molecule has 0 saturated carbocycles. The van der Waals surface area contributed by atoms with Crippen LogP contribution in [0.2, 0.25) is 10.0 Å². The summed E-state index contributed by atoms with van der Waals surface area (Å²) in [5.74, 6) is 3.13. The van der Waals surface area contributed by atoms with Gasteiger partial charge in [-0.15, -0.1) is 23.5 Å². The summed E-state index contributed by atoms with van der Waals surface area (Å²) in [6.07, 6.45) is 6.70. The molecule has 0 spiro atoms. The molecular formula is C16H18Cl2N2S2. The maximum atomic E-state index is 6.40. The number of thioether (sulfide) groups is 2. The Morgan fingerprint density at radius 3 is 2.73 bits per heavy atom. The summed E-state index contributed by atoms with van der Waals surface area (Å²) < 4.78 is 2.27. The third-order valence-corrected chi connectivity index (χ3v) is 8.08. The molecule has 22 heavy (non-hydrogen) atoms. The average Bonchev–Trinajstić information content (AvgIpc) is 2.98. The lowest BCUT2D eigenvalue weighted by Crippen LogP contribution is -2.35. The van der Waals surface area contributed by atoms with Crippen LogP contribution in [-0.4, -0.2) is 25.1 Å². The van der Waals surface area contributed by atoms with Crippen molar-refractivity contribution in [3.63, 3.8) is 0 Å². The second-order valence-corrected chi connectivity index (χ2v) is 9.69. The Labute approximate surface area is 150 Å². The fraction of sp³-hybridized carbons (Fsp3) is 0.438. The van der Waals surface area contributed by atoms with Crippen molar-refractivity contribution in [2.75, 3.05) is 11.5 Å². The third-order valence-electron chi connectivity index (χ3n) is 3.72. The molecule has 2 aromatic rings. The van der Waals surface area contributed by atoms with Gasteiger partial charge in [0, 0.05) is 29.0 Å². The predicted octanol–water partition coefficient (Wildman–Crippen LogP) is 5.25. The van der Waals surface area contributed by atoms with E-state index in [0.717, 1.165) is 23.9 Å². The number of halogens is 2. The maximum absolute atomic E-state index is 6.40. The highest BCUT2D eigenvalue weighted by Crippen LogP contribution is 2.48. The number of aromatic nitrogens is 2. The minimum absolute atomic E-state index is 0.102. The summed E-state index contributed by atoms with van der Waals surface area (Å²) in [7, 11) is 0. The van der Waals surface area contributed by atoms with Crippen molar-refractivity contribution in [1.29, 1.82) is 0 Å². The highest BCUT2D eigenvalue weighted by molar-refractivity contribution is 8.18. The molecular weight excluding hydrogens is 355 g/mol. The van der Waals surface area contributed by atoms with Crippen molar-refractivity contribution in [2.24, 2.45) is 5.92 Å². The quantitative estimate of drug-likeness (QED) is 0.729. The van der Waals surface area contributed by atoms with Crippen LogP contribution in [0.15, 0.2) is 36.9 Å². The lowest BCUT2D eigenvalue weighted by molar-refractivity contribution is 0.607. The van der Waals surface area contributed by atoms with Gasteiger partial charge in [-0.2, -0.15) is 0 Å². The van der Waals surface area contributed by atoms with Crippen molar-refractivity contribution in [2.45, 2.75) is 24.0 Å². The number of rotatable bonds is 4. The summed E-state index contributed by atoms with van der Waals surface area (Å²) in [5.41, 5.74) is 1.17. The number of nitrogens with zero attached hydrogens (tertiary/aromatic N) is 2. The topological polar surface area (TPSA) is 17.8 Å². The Balaban J connectivity index is 1.84. The Kier molecular flexibility index (Phi) is 5.33. The second kappa shape index (κ2) is 7.08. The molecule has 6 heteroatoms. The smallest absolute Gasteiger partial charge is 0.0946 e. The van der Waals surface area contributed by atoms with E-state index in [9.17, 15) is 0 Å². The first-order chi connectivity index (χ1) is 10.6. The van der Waals surface area contributed by atoms with Gasteiger partial charge in [0.05, 0.1) is 10.4 Å². The van der Waals surface area contributed by atoms with Gasteiger partial charge in [-0.05, 0) is 41.5 Å². The van der Waals surface area contributed by atoms with Crippen molar-refractivity contribution in [3.8, 4) is 0 Å². The first-order valence-corrected chi connectivity index (χ1v) is 9.97. The van der Waals surface area contributed by atoms with E-state index in [1.165, 1.54) is 17.1 Å². The Morgan fingerprint density at radius 1 is 1.32 bits per heavy atom. The van der Waals surface area contributed by atoms with Gasteiger partial charge >= 0.3 is 0 Å². The highest BCUT2D eigenvalue weighted by atomic mass is 35.5. The van der Waals surface area contributed by atoms with Crippen LogP contribution in [0.25, 0.3) is 0 Å². The Bertz CT molecular complexity index is 623. The van der Waals surface area contributed by atoms with Crippen molar-refractivity contribution in [1.82, 2.24) is 9.55 Å². The number of hydrogen-bond donors (Lipinski definition) is 0. The van der Waals surface area contributed by atoms with Gasteiger partial charge in [0.25, 0.3) is 0 Å². The molecule has 0 unspecified atom stereocenters. The zero-order valence-electron chi connectivity index (χ0n) is 12.3. The third kappa shape index (κ3) is 3.97. The van der Waals surface area contributed by atoms with Crippen LogP contribution in [-0.2, 0) is 13.0 Å². The van der Waals surface area contributed by atoms with Gasteiger partial charge in [-0.25, -0.2) is 4.98 Å². The highest BCUT2D eigenvalue weighted by Gasteiger charge is 2.37.